The molecule has 1 aromatic carbocycles. The lowest BCUT2D eigenvalue weighted by Crippen LogP contribution is -1.96. The summed E-state index contributed by atoms with van der Waals surface area (Å²) in [4.78, 5) is 0. The Morgan fingerprint density at radius 1 is 1.28 bits per heavy atom. The van der Waals surface area contributed by atoms with Crippen molar-refractivity contribution in [1.82, 2.24) is 14.3 Å². The van der Waals surface area contributed by atoms with Crippen LogP contribution >= 0.6 is 11.6 Å². The number of aryl methyl sites for hydroxylation is 1. The van der Waals surface area contributed by atoms with Crippen LogP contribution < -0.4 is 0 Å². The Bertz CT molecular complexity index is 681. The van der Waals surface area contributed by atoms with E-state index in [1.165, 1.54) is 5.39 Å². The molecule has 0 amide bonds. The van der Waals surface area contributed by atoms with Gasteiger partial charge in [0.2, 0.25) is 0 Å². The zero-order valence-electron chi connectivity index (χ0n) is 10.2. The standard InChI is InChI=1S/C14H14ClN3/c1-2-6-17-10-13(9-16-17)18-7-5-11-3-4-12(15)8-14(11)18/h3-5,7-10H,2,6H2,1H3. The van der Waals surface area contributed by atoms with Gasteiger partial charge in [-0.1, -0.05) is 24.6 Å². The molecule has 18 heavy (non-hydrogen) atoms. The van der Waals surface area contributed by atoms with Crippen LogP contribution in [0.5, 0.6) is 0 Å². The molecule has 0 bridgehead atoms. The highest BCUT2D eigenvalue weighted by atomic mass is 35.5. The minimum atomic E-state index is 0.753. The molecule has 3 aromatic rings. The second kappa shape index (κ2) is 4.50. The van der Waals surface area contributed by atoms with E-state index in [0.29, 0.717) is 0 Å². The summed E-state index contributed by atoms with van der Waals surface area (Å²) >= 11 is 6.06. The van der Waals surface area contributed by atoms with E-state index in [2.05, 4.69) is 28.9 Å². The number of rotatable bonds is 3. The molecule has 3 nitrogen and oxygen atoms in total. The number of hydrogen-bond donors (Lipinski definition) is 0. The highest BCUT2D eigenvalue weighted by molar-refractivity contribution is 6.31. The van der Waals surface area contributed by atoms with Gasteiger partial charge in [0.1, 0.15) is 0 Å². The van der Waals surface area contributed by atoms with Crippen LogP contribution in [0, 0.1) is 0 Å². The molecular weight excluding hydrogens is 246 g/mol. The van der Waals surface area contributed by atoms with E-state index in [1.807, 2.05) is 35.3 Å². The molecule has 2 heterocycles. The van der Waals surface area contributed by atoms with Gasteiger partial charge < -0.3 is 4.57 Å². The van der Waals surface area contributed by atoms with Gasteiger partial charge in [0.05, 0.1) is 17.4 Å². The summed E-state index contributed by atoms with van der Waals surface area (Å²) in [6.45, 7) is 3.09. The van der Waals surface area contributed by atoms with Crippen LogP contribution in [0.25, 0.3) is 16.6 Å². The van der Waals surface area contributed by atoms with Crippen LogP contribution in [0.15, 0.2) is 42.9 Å². The molecule has 0 unspecified atom stereocenters. The Labute approximate surface area is 111 Å². The van der Waals surface area contributed by atoms with Crippen LogP contribution in [0.3, 0.4) is 0 Å². The quantitative estimate of drug-likeness (QED) is 0.700. The number of benzene rings is 1. The average molecular weight is 260 g/mol. The van der Waals surface area contributed by atoms with Crippen molar-refractivity contribution in [2.45, 2.75) is 19.9 Å². The second-order valence-corrected chi connectivity index (χ2v) is 4.79. The Morgan fingerprint density at radius 3 is 3.00 bits per heavy atom. The first-order chi connectivity index (χ1) is 8.78. The van der Waals surface area contributed by atoms with Crippen molar-refractivity contribution in [3.8, 4) is 5.69 Å². The number of nitrogens with zero attached hydrogens (tertiary/aromatic N) is 3. The van der Waals surface area contributed by atoms with Gasteiger partial charge in [-0.15, -0.1) is 0 Å². The Balaban J connectivity index is 2.09. The molecule has 0 atom stereocenters. The molecule has 4 heteroatoms. The average Bonchev–Trinajstić information content (AvgIpc) is 2.95. The van der Waals surface area contributed by atoms with Gasteiger partial charge in [0.15, 0.2) is 0 Å². The fourth-order valence-electron chi connectivity index (χ4n) is 2.16. The molecular formula is C14H14ClN3. The van der Waals surface area contributed by atoms with Gasteiger partial charge in [0, 0.05) is 29.3 Å². The number of hydrogen-bond acceptors (Lipinski definition) is 1. The minimum Gasteiger partial charge on any atom is -0.314 e. The highest BCUT2D eigenvalue weighted by Crippen LogP contribution is 2.23. The van der Waals surface area contributed by atoms with E-state index >= 15 is 0 Å². The van der Waals surface area contributed by atoms with Crippen molar-refractivity contribution in [3.63, 3.8) is 0 Å². The predicted octanol–water partition coefficient (Wildman–Crippen LogP) is 3.89. The number of fused-ring (bicyclic) bond motifs is 1. The lowest BCUT2D eigenvalue weighted by atomic mass is 10.2. The summed E-state index contributed by atoms with van der Waals surface area (Å²) in [6, 6.07) is 8.01. The van der Waals surface area contributed by atoms with Gasteiger partial charge in [-0.25, -0.2) is 0 Å². The first-order valence-corrected chi connectivity index (χ1v) is 6.45. The molecule has 0 aliphatic rings. The van der Waals surface area contributed by atoms with Gasteiger partial charge in [-0.3, -0.25) is 4.68 Å². The fourth-order valence-corrected chi connectivity index (χ4v) is 2.32. The van der Waals surface area contributed by atoms with Crippen LogP contribution in [-0.4, -0.2) is 14.3 Å². The van der Waals surface area contributed by atoms with Gasteiger partial charge in [0.25, 0.3) is 0 Å². The normalized spacial score (nSPS) is 11.2. The first-order valence-electron chi connectivity index (χ1n) is 6.07. The minimum absolute atomic E-state index is 0.753. The molecule has 0 N–H and O–H groups in total. The third kappa shape index (κ3) is 1.91. The SMILES string of the molecule is CCCn1cc(-n2ccc3ccc(Cl)cc32)cn1. The number of halogens is 1. The molecule has 0 spiro atoms. The smallest absolute Gasteiger partial charge is 0.0838 e. The molecule has 3 rings (SSSR count). The Kier molecular flexibility index (Phi) is 2.84. The van der Waals surface area contributed by atoms with Crippen molar-refractivity contribution < 1.29 is 0 Å². The summed E-state index contributed by atoms with van der Waals surface area (Å²) < 4.78 is 4.08. The summed E-state index contributed by atoms with van der Waals surface area (Å²) in [5, 5.41) is 6.29. The highest BCUT2D eigenvalue weighted by Gasteiger charge is 2.05. The van der Waals surface area contributed by atoms with Crippen molar-refractivity contribution in [3.05, 3.63) is 47.9 Å². The predicted molar refractivity (Wildman–Crippen MR) is 74.4 cm³/mol. The third-order valence-corrected chi connectivity index (χ3v) is 3.24. The Hall–Kier alpha value is -1.74. The van der Waals surface area contributed by atoms with E-state index in [1.54, 1.807) is 0 Å². The van der Waals surface area contributed by atoms with E-state index in [-0.39, 0.29) is 0 Å². The fraction of sp³-hybridized carbons (Fsp3) is 0.214. The van der Waals surface area contributed by atoms with Gasteiger partial charge in [-0.2, -0.15) is 5.10 Å². The van der Waals surface area contributed by atoms with Crippen molar-refractivity contribution in [2.24, 2.45) is 0 Å². The van der Waals surface area contributed by atoms with E-state index in [0.717, 1.165) is 29.2 Å². The van der Waals surface area contributed by atoms with Crippen molar-refractivity contribution in [1.29, 1.82) is 0 Å². The maximum atomic E-state index is 6.06. The summed E-state index contributed by atoms with van der Waals surface area (Å²) in [6.07, 6.45) is 7.08. The molecule has 92 valence electrons. The lowest BCUT2D eigenvalue weighted by Gasteiger charge is -2.02. The maximum Gasteiger partial charge on any atom is 0.0838 e. The zero-order chi connectivity index (χ0) is 12.5. The number of aromatic nitrogens is 3. The van der Waals surface area contributed by atoms with Crippen LogP contribution in [0.4, 0.5) is 0 Å². The topological polar surface area (TPSA) is 22.8 Å². The van der Waals surface area contributed by atoms with Gasteiger partial charge >= 0.3 is 0 Å². The first kappa shape index (κ1) is 11.4. The van der Waals surface area contributed by atoms with E-state index in [9.17, 15) is 0 Å². The summed E-state index contributed by atoms with van der Waals surface area (Å²) in [5.41, 5.74) is 2.18. The zero-order valence-corrected chi connectivity index (χ0v) is 10.9. The van der Waals surface area contributed by atoms with Crippen molar-refractivity contribution in [2.75, 3.05) is 0 Å². The molecule has 0 radical (unpaired) electrons. The summed E-state index contributed by atoms with van der Waals surface area (Å²) in [5.74, 6) is 0. The molecule has 0 aliphatic heterocycles. The third-order valence-electron chi connectivity index (χ3n) is 3.01. The molecule has 0 saturated carbocycles. The van der Waals surface area contributed by atoms with Crippen molar-refractivity contribution >= 4 is 22.5 Å². The molecule has 2 aromatic heterocycles. The largest absolute Gasteiger partial charge is 0.314 e. The van der Waals surface area contributed by atoms with E-state index in [4.69, 9.17) is 11.6 Å². The molecule has 0 saturated heterocycles. The molecule has 0 fully saturated rings. The Morgan fingerprint density at radius 2 is 2.17 bits per heavy atom. The second-order valence-electron chi connectivity index (χ2n) is 4.35. The van der Waals surface area contributed by atoms with E-state index < -0.39 is 0 Å². The van der Waals surface area contributed by atoms with Gasteiger partial charge in [-0.05, 0) is 24.6 Å². The van der Waals surface area contributed by atoms with Crippen LogP contribution in [-0.2, 0) is 6.54 Å². The lowest BCUT2D eigenvalue weighted by molar-refractivity contribution is 0.602. The summed E-state index contributed by atoms with van der Waals surface area (Å²) in [7, 11) is 0. The maximum absolute atomic E-state index is 6.06. The van der Waals surface area contributed by atoms with Crippen LogP contribution in [0.2, 0.25) is 5.02 Å². The molecule has 0 aliphatic carbocycles. The van der Waals surface area contributed by atoms with Crippen LogP contribution in [0.1, 0.15) is 13.3 Å². The monoisotopic (exact) mass is 259 g/mol.